The third kappa shape index (κ3) is 5.65. The second-order valence-electron chi connectivity index (χ2n) is 7.89. The summed E-state index contributed by atoms with van der Waals surface area (Å²) < 4.78 is 60.1. The lowest BCUT2D eigenvalue weighted by molar-refractivity contribution is -0.137. The minimum absolute atomic E-state index is 0.0101. The molecule has 0 aliphatic carbocycles. The van der Waals surface area contributed by atoms with Crippen LogP contribution in [-0.2, 0) is 6.18 Å². The Morgan fingerprint density at radius 3 is 2.37 bits per heavy atom. The molecule has 0 spiro atoms. The largest absolute Gasteiger partial charge is 0.460 e. The van der Waals surface area contributed by atoms with E-state index >= 15 is 0 Å². The van der Waals surface area contributed by atoms with E-state index in [4.69, 9.17) is 4.74 Å². The van der Waals surface area contributed by atoms with E-state index in [0.29, 0.717) is 11.4 Å². The third-order valence-electron chi connectivity index (χ3n) is 4.83. The van der Waals surface area contributed by atoms with Gasteiger partial charge in [-0.3, -0.25) is 4.79 Å². The maximum Gasteiger partial charge on any atom is 0.416 e. The molecule has 0 bridgehead atoms. The standard InChI is InChI=1S/C25H20F4N4O2/c1-15(2)35-24-31-22(16-5-3-7-18(13-16)25(27,28)29)33(32-24)21-11-9-20(10-12-21)30-23(34)17-6-4-8-19(26)14-17/h3-15H,1-2H3,(H,30,34). The molecule has 4 aromatic rings. The van der Waals surface area contributed by atoms with Crippen LogP contribution in [-0.4, -0.2) is 26.8 Å². The van der Waals surface area contributed by atoms with Crippen LogP contribution >= 0.6 is 0 Å². The lowest BCUT2D eigenvalue weighted by Crippen LogP contribution is -2.12. The average molecular weight is 484 g/mol. The fourth-order valence-corrected chi connectivity index (χ4v) is 3.27. The highest BCUT2D eigenvalue weighted by Crippen LogP contribution is 2.33. The lowest BCUT2D eigenvalue weighted by Gasteiger charge is -2.10. The predicted octanol–water partition coefficient (Wildman–Crippen LogP) is 6.13. The smallest absolute Gasteiger partial charge is 0.416 e. The monoisotopic (exact) mass is 484 g/mol. The summed E-state index contributed by atoms with van der Waals surface area (Å²) in [4.78, 5) is 16.7. The minimum Gasteiger partial charge on any atom is -0.460 e. The molecule has 0 aliphatic rings. The predicted molar refractivity (Wildman–Crippen MR) is 122 cm³/mol. The third-order valence-corrected chi connectivity index (χ3v) is 4.83. The van der Waals surface area contributed by atoms with Gasteiger partial charge in [0.05, 0.1) is 17.4 Å². The number of alkyl halides is 3. The zero-order valence-corrected chi connectivity index (χ0v) is 18.7. The van der Waals surface area contributed by atoms with E-state index in [1.807, 2.05) is 0 Å². The number of carbonyl (C=O) groups is 1. The van der Waals surface area contributed by atoms with Gasteiger partial charge in [-0.2, -0.15) is 18.2 Å². The van der Waals surface area contributed by atoms with Crippen LogP contribution in [0.3, 0.4) is 0 Å². The number of amides is 1. The number of hydrogen-bond acceptors (Lipinski definition) is 4. The van der Waals surface area contributed by atoms with E-state index in [9.17, 15) is 22.4 Å². The van der Waals surface area contributed by atoms with Gasteiger partial charge in [-0.25, -0.2) is 9.07 Å². The molecule has 35 heavy (non-hydrogen) atoms. The molecule has 1 heterocycles. The highest BCUT2D eigenvalue weighted by atomic mass is 19.4. The summed E-state index contributed by atoms with van der Waals surface area (Å²) in [5, 5.41) is 6.98. The summed E-state index contributed by atoms with van der Waals surface area (Å²) in [5.74, 6) is -0.862. The molecule has 10 heteroatoms. The number of benzene rings is 3. The molecule has 0 unspecified atom stereocenters. The Bertz CT molecular complexity index is 1350. The summed E-state index contributed by atoms with van der Waals surface area (Å²) in [6, 6.07) is 16.5. The second kappa shape index (κ2) is 9.57. The van der Waals surface area contributed by atoms with Crippen molar-refractivity contribution in [3.05, 3.63) is 89.7 Å². The Kier molecular flexibility index (Phi) is 6.54. The van der Waals surface area contributed by atoms with Crippen molar-refractivity contribution in [3.63, 3.8) is 0 Å². The molecular formula is C25H20F4N4O2. The zero-order valence-electron chi connectivity index (χ0n) is 18.7. The van der Waals surface area contributed by atoms with E-state index in [-0.39, 0.29) is 29.1 Å². The molecule has 1 amide bonds. The maximum atomic E-state index is 13.4. The molecular weight excluding hydrogens is 464 g/mol. The van der Waals surface area contributed by atoms with E-state index in [2.05, 4.69) is 15.4 Å². The van der Waals surface area contributed by atoms with Crippen molar-refractivity contribution < 1.29 is 27.1 Å². The molecule has 180 valence electrons. The molecule has 0 fully saturated rings. The molecule has 1 N–H and O–H groups in total. The summed E-state index contributed by atoms with van der Waals surface area (Å²) >= 11 is 0. The van der Waals surface area contributed by atoms with Crippen LogP contribution in [0.25, 0.3) is 17.1 Å². The van der Waals surface area contributed by atoms with Gasteiger partial charge in [0, 0.05) is 16.8 Å². The molecule has 3 aromatic carbocycles. The number of hydrogen-bond donors (Lipinski definition) is 1. The van der Waals surface area contributed by atoms with Gasteiger partial charge >= 0.3 is 12.2 Å². The first-order chi connectivity index (χ1) is 16.6. The normalized spacial score (nSPS) is 11.5. The van der Waals surface area contributed by atoms with Crippen LogP contribution in [0.15, 0.2) is 72.8 Å². The van der Waals surface area contributed by atoms with Crippen molar-refractivity contribution >= 4 is 11.6 Å². The fourth-order valence-electron chi connectivity index (χ4n) is 3.27. The maximum absolute atomic E-state index is 13.4. The summed E-state index contributed by atoms with van der Waals surface area (Å²) in [6.45, 7) is 3.56. The first-order valence-corrected chi connectivity index (χ1v) is 10.6. The van der Waals surface area contributed by atoms with E-state index in [1.165, 1.54) is 35.0 Å². The second-order valence-corrected chi connectivity index (χ2v) is 7.89. The van der Waals surface area contributed by atoms with Gasteiger partial charge in [-0.05, 0) is 68.4 Å². The van der Waals surface area contributed by atoms with E-state index < -0.39 is 23.5 Å². The topological polar surface area (TPSA) is 69.0 Å². The van der Waals surface area contributed by atoms with Gasteiger partial charge in [0.15, 0.2) is 5.82 Å². The lowest BCUT2D eigenvalue weighted by atomic mass is 10.1. The Balaban J connectivity index is 1.66. The quantitative estimate of drug-likeness (QED) is 0.334. The SMILES string of the molecule is CC(C)Oc1nc(-c2cccc(C(F)(F)F)c2)n(-c2ccc(NC(=O)c3cccc(F)c3)cc2)n1. The van der Waals surface area contributed by atoms with Crippen molar-refractivity contribution in [3.8, 4) is 23.1 Å². The van der Waals surface area contributed by atoms with Crippen LogP contribution in [0.1, 0.15) is 29.8 Å². The number of carbonyl (C=O) groups excluding carboxylic acids is 1. The Labute approximate surface area is 198 Å². The van der Waals surface area contributed by atoms with Crippen molar-refractivity contribution in [2.75, 3.05) is 5.32 Å². The summed E-state index contributed by atoms with van der Waals surface area (Å²) in [5.41, 5.74) is 0.461. The summed E-state index contributed by atoms with van der Waals surface area (Å²) in [7, 11) is 0. The molecule has 0 atom stereocenters. The number of ether oxygens (including phenoxy) is 1. The van der Waals surface area contributed by atoms with Gasteiger partial charge < -0.3 is 10.1 Å². The highest BCUT2D eigenvalue weighted by Gasteiger charge is 2.31. The van der Waals surface area contributed by atoms with Crippen molar-refractivity contribution in [2.24, 2.45) is 0 Å². The fraction of sp³-hybridized carbons (Fsp3) is 0.160. The Morgan fingerprint density at radius 2 is 1.71 bits per heavy atom. The number of halogens is 4. The van der Waals surface area contributed by atoms with E-state index in [1.54, 1.807) is 38.1 Å². The zero-order chi connectivity index (χ0) is 25.2. The molecule has 6 nitrogen and oxygen atoms in total. The van der Waals surface area contributed by atoms with Crippen molar-refractivity contribution in [1.82, 2.24) is 14.8 Å². The van der Waals surface area contributed by atoms with Gasteiger partial charge in [-0.1, -0.05) is 18.2 Å². The highest BCUT2D eigenvalue weighted by molar-refractivity contribution is 6.04. The number of aromatic nitrogens is 3. The number of anilines is 1. The van der Waals surface area contributed by atoms with Crippen LogP contribution in [0.4, 0.5) is 23.2 Å². The van der Waals surface area contributed by atoms with Crippen LogP contribution < -0.4 is 10.1 Å². The first-order valence-electron chi connectivity index (χ1n) is 10.6. The van der Waals surface area contributed by atoms with Gasteiger partial charge in [0.25, 0.3) is 5.91 Å². The van der Waals surface area contributed by atoms with Gasteiger partial charge in [0.1, 0.15) is 5.82 Å². The number of nitrogens with zero attached hydrogens (tertiary/aromatic N) is 3. The van der Waals surface area contributed by atoms with E-state index in [0.717, 1.165) is 18.2 Å². The van der Waals surface area contributed by atoms with Crippen molar-refractivity contribution in [1.29, 1.82) is 0 Å². The summed E-state index contributed by atoms with van der Waals surface area (Å²) in [6.07, 6.45) is -4.76. The molecule has 0 aliphatic heterocycles. The van der Waals surface area contributed by atoms with Crippen LogP contribution in [0.2, 0.25) is 0 Å². The molecule has 0 saturated carbocycles. The van der Waals surface area contributed by atoms with Crippen molar-refractivity contribution in [2.45, 2.75) is 26.1 Å². The average Bonchev–Trinajstić information content (AvgIpc) is 3.22. The Morgan fingerprint density at radius 1 is 1.00 bits per heavy atom. The number of nitrogens with one attached hydrogen (secondary N) is 1. The number of rotatable bonds is 6. The minimum atomic E-state index is -4.51. The molecule has 1 aromatic heterocycles. The molecule has 0 radical (unpaired) electrons. The van der Waals surface area contributed by atoms with Gasteiger partial charge in [-0.15, -0.1) is 5.10 Å². The van der Waals surface area contributed by atoms with Crippen LogP contribution in [0.5, 0.6) is 6.01 Å². The molecule has 4 rings (SSSR count). The molecule has 0 saturated heterocycles. The van der Waals surface area contributed by atoms with Gasteiger partial charge in [0.2, 0.25) is 0 Å². The Hall–Kier alpha value is -4.21. The van der Waals surface area contributed by atoms with Crippen LogP contribution in [0, 0.1) is 5.82 Å². The first kappa shape index (κ1) is 23.9.